The van der Waals surface area contributed by atoms with E-state index >= 15 is 0 Å². The molecule has 0 saturated heterocycles. The molecule has 122 valence electrons. The number of halogens is 1. The molecular weight excluding hydrogens is 388 g/mol. The Bertz CT molecular complexity index is 942. The minimum atomic E-state index is -0.933. The van der Waals surface area contributed by atoms with Crippen LogP contribution in [0.5, 0.6) is 0 Å². The third-order valence-corrected chi connectivity index (χ3v) is 5.16. The first kappa shape index (κ1) is 16.7. The Morgan fingerprint density at radius 3 is 2.54 bits per heavy atom. The summed E-state index contributed by atoms with van der Waals surface area (Å²) in [5, 5.41) is 11.1. The molecule has 1 heterocycles. The molecule has 0 fully saturated rings. The van der Waals surface area contributed by atoms with Crippen LogP contribution in [-0.2, 0) is 6.54 Å². The van der Waals surface area contributed by atoms with Crippen molar-refractivity contribution < 1.29 is 9.90 Å². The van der Waals surface area contributed by atoms with Gasteiger partial charge in [0.25, 0.3) is 0 Å². The fraction of sp³-hybridized carbons (Fsp3) is 0.111. The van der Waals surface area contributed by atoms with Crippen LogP contribution in [0.3, 0.4) is 0 Å². The first-order chi connectivity index (χ1) is 11.6. The van der Waals surface area contributed by atoms with E-state index in [1.807, 2.05) is 18.2 Å². The second-order valence-corrected chi connectivity index (χ2v) is 6.78. The number of aromatic nitrogens is 1. The van der Waals surface area contributed by atoms with Crippen LogP contribution in [0, 0.1) is 0 Å². The minimum absolute atomic E-state index is 0.261. The molecule has 1 aromatic heterocycles. The topological polar surface area (TPSA) is 54.6 Å². The van der Waals surface area contributed by atoms with Crippen LogP contribution in [0.1, 0.15) is 17.3 Å². The van der Waals surface area contributed by atoms with Crippen LogP contribution >= 0.6 is 27.3 Å². The lowest BCUT2D eigenvalue weighted by Crippen LogP contribution is -2.14. The van der Waals surface area contributed by atoms with E-state index < -0.39 is 5.97 Å². The van der Waals surface area contributed by atoms with Crippen LogP contribution in [0.15, 0.2) is 63.4 Å². The maximum atomic E-state index is 10.9. The summed E-state index contributed by atoms with van der Waals surface area (Å²) >= 11 is 5.17. The summed E-state index contributed by atoms with van der Waals surface area (Å²) < 4.78 is 3.19. The number of carboxylic acids is 1. The van der Waals surface area contributed by atoms with E-state index in [-0.39, 0.29) is 5.56 Å². The average Bonchev–Trinajstić information content (AvgIpc) is 2.98. The van der Waals surface area contributed by atoms with Gasteiger partial charge in [-0.05, 0) is 37.3 Å². The second-order valence-electron chi connectivity index (χ2n) is 5.09. The number of thiazole rings is 1. The molecule has 0 spiro atoms. The number of hydrogen-bond acceptors (Lipinski definition) is 3. The number of nitrogens with zero attached hydrogens (tertiary/aromatic N) is 2. The number of carbonyl (C=O) groups is 1. The molecule has 2 aromatic carbocycles. The number of aromatic carboxylic acids is 1. The van der Waals surface area contributed by atoms with Gasteiger partial charge in [0.15, 0.2) is 4.80 Å². The highest BCUT2D eigenvalue weighted by molar-refractivity contribution is 9.10. The van der Waals surface area contributed by atoms with Gasteiger partial charge in [-0.25, -0.2) is 9.79 Å². The zero-order valence-corrected chi connectivity index (χ0v) is 15.3. The summed E-state index contributed by atoms with van der Waals surface area (Å²) in [5.41, 5.74) is 3.23. The zero-order chi connectivity index (χ0) is 17.1. The van der Waals surface area contributed by atoms with Gasteiger partial charge in [-0.15, -0.1) is 11.3 Å². The molecule has 3 aromatic rings. The number of rotatable bonds is 4. The fourth-order valence-electron chi connectivity index (χ4n) is 2.40. The van der Waals surface area contributed by atoms with Crippen LogP contribution < -0.4 is 4.80 Å². The Morgan fingerprint density at radius 1 is 1.21 bits per heavy atom. The molecule has 0 aliphatic carbocycles. The van der Waals surface area contributed by atoms with E-state index in [0.29, 0.717) is 0 Å². The average molecular weight is 403 g/mol. The SMILES string of the molecule is CCn1c(-c2ccccc2Br)cs/c1=N\c1ccc(C(=O)O)cc1. The maximum absolute atomic E-state index is 10.9. The molecule has 0 radical (unpaired) electrons. The second kappa shape index (κ2) is 7.15. The molecule has 6 heteroatoms. The van der Waals surface area contributed by atoms with E-state index in [1.165, 1.54) is 0 Å². The van der Waals surface area contributed by atoms with Crippen LogP contribution in [-0.4, -0.2) is 15.6 Å². The van der Waals surface area contributed by atoms with Gasteiger partial charge in [0.1, 0.15) is 0 Å². The van der Waals surface area contributed by atoms with Crippen molar-refractivity contribution >= 4 is 38.9 Å². The third kappa shape index (κ3) is 3.34. The Hall–Kier alpha value is -2.18. The number of carboxylic acid groups (broad SMARTS) is 1. The van der Waals surface area contributed by atoms with Gasteiger partial charge in [0.2, 0.25) is 0 Å². The third-order valence-electron chi connectivity index (χ3n) is 3.60. The van der Waals surface area contributed by atoms with Crippen LogP contribution in [0.2, 0.25) is 0 Å². The van der Waals surface area contributed by atoms with Gasteiger partial charge in [0, 0.05) is 22.0 Å². The van der Waals surface area contributed by atoms with E-state index in [9.17, 15) is 4.79 Å². The molecule has 0 aliphatic rings. The van der Waals surface area contributed by atoms with Crippen molar-refractivity contribution in [3.8, 4) is 11.3 Å². The molecular formula is C18H15BrN2O2S. The van der Waals surface area contributed by atoms with Crippen molar-refractivity contribution in [1.82, 2.24) is 4.57 Å². The fourth-order valence-corrected chi connectivity index (χ4v) is 3.87. The smallest absolute Gasteiger partial charge is 0.335 e. The predicted molar refractivity (Wildman–Crippen MR) is 99.7 cm³/mol. The molecule has 0 bridgehead atoms. The Morgan fingerprint density at radius 2 is 1.92 bits per heavy atom. The van der Waals surface area contributed by atoms with Crippen molar-refractivity contribution in [2.24, 2.45) is 4.99 Å². The Labute approximate surface area is 151 Å². The Kier molecular flexibility index (Phi) is 4.97. The van der Waals surface area contributed by atoms with Gasteiger partial charge < -0.3 is 9.67 Å². The summed E-state index contributed by atoms with van der Waals surface area (Å²) in [4.78, 5) is 16.5. The summed E-state index contributed by atoms with van der Waals surface area (Å²) in [6.07, 6.45) is 0. The van der Waals surface area contributed by atoms with Crippen molar-refractivity contribution in [2.45, 2.75) is 13.5 Å². The van der Waals surface area contributed by atoms with Crippen molar-refractivity contribution in [1.29, 1.82) is 0 Å². The highest BCUT2D eigenvalue weighted by atomic mass is 79.9. The van der Waals surface area contributed by atoms with Crippen LogP contribution in [0.4, 0.5) is 5.69 Å². The van der Waals surface area contributed by atoms with Gasteiger partial charge in [-0.1, -0.05) is 34.1 Å². The lowest BCUT2D eigenvalue weighted by Gasteiger charge is -2.08. The van der Waals surface area contributed by atoms with E-state index in [2.05, 4.69) is 43.9 Å². The largest absolute Gasteiger partial charge is 0.478 e. The lowest BCUT2D eigenvalue weighted by molar-refractivity contribution is 0.0697. The van der Waals surface area contributed by atoms with Crippen molar-refractivity contribution in [2.75, 3.05) is 0 Å². The van der Waals surface area contributed by atoms with E-state index in [0.717, 1.165) is 32.8 Å². The standard InChI is InChI=1S/C18H15BrN2O2S/c1-2-21-16(14-5-3-4-6-15(14)19)11-24-18(21)20-13-9-7-12(8-10-13)17(22)23/h3-11H,2H2,1H3,(H,22,23)/b20-18-. The molecule has 0 atom stereocenters. The maximum Gasteiger partial charge on any atom is 0.335 e. The Balaban J connectivity index is 2.06. The quantitative estimate of drug-likeness (QED) is 0.672. The highest BCUT2D eigenvalue weighted by Gasteiger charge is 2.09. The summed E-state index contributed by atoms with van der Waals surface area (Å²) in [6, 6.07) is 14.7. The predicted octanol–water partition coefficient (Wildman–Crippen LogP) is 4.93. The highest BCUT2D eigenvalue weighted by Crippen LogP contribution is 2.28. The summed E-state index contributed by atoms with van der Waals surface area (Å²) in [6.45, 7) is 2.88. The summed E-state index contributed by atoms with van der Waals surface area (Å²) in [5.74, 6) is -0.933. The molecule has 24 heavy (non-hydrogen) atoms. The monoisotopic (exact) mass is 402 g/mol. The van der Waals surface area contributed by atoms with Crippen molar-refractivity contribution in [3.05, 3.63) is 68.7 Å². The molecule has 4 nitrogen and oxygen atoms in total. The van der Waals surface area contributed by atoms with Gasteiger partial charge in [-0.2, -0.15) is 0 Å². The molecule has 0 amide bonds. The van der Waals surface area contributed by atoms with E-state index in [4.69, 9.17) is 5.11 Å². The summed E-state index contributed by atoms with van der Waals surface area (Å²) in [7, 11) is 0. The number of hydrogen-bond donors (Lipinski definition) is 1. The molecule has 0 unspecified atom stereocenters. The lowest BCUT2D eigenvalue weighted by atomic mass is 10.2. The normalized spacial score (nSPS) is 11.7. The minimum Gasteiger partial charge on any atom is -0.478 e. The zero-order valence-electron chi connectivity index (χ0n) is 12.9. The number of benzene rings is 2. The molecule has 3 rings (SSSR count). The first-order valence-corrected chi connectivity index (χ1v) is 9.08. The molecule has 0 aliphatic heterocycles. The van der Waals surface area contributed by atoms with Gasteiger partial charge in [-0.3, -0.25) is 0 Å². The van der Waals surface area contributed by atoms with Gasteiger partial charge >= 0.3 is 5.97 Å². The van der Waals surface area contributed by atoms with E-state index in [1.54, 1.807) is 35.6 Å². The van der Waals surface area contributed by atoms with Crippen LogP contribution in [0.25, 0.3) is 11.3 Å². The van der Waals surface area contributed by atoms with Gasteiger partial charge in [0.05, 0.1) is 16.9 Å². The molecule has 1 N–H and O–H groups in total. The molecule has 0 saturated carbocycles. The first-order valence-electron chi connectivity index (χ1n) is 7.41. The van der Waals surface area contributed by atoms with Crippen molar-refractivity contribution in [3.63, 3.8) is 0 Å².